The molecule has 6 heterocycles. The molecule has 10 rings (SSSR count). The molecular formula is C30H32F6N2O8. The van der Waals surface area contributed by atoms with Gasteiger partial charge < -0.3 is 18.9 Å². The van der Waals surface area contributed by atoms with E-state index in [0.717, 1.165) is 9.80 Å². The summed E-state index contributed by atoms with van der Waals surface area (Å²) in [6, 6.07) is 0. The molecule has 10 nitrogen and oxygen atoms in total. The second-order valence-corrected chi connectivity index (χ2v) is 14.5. The number of imide groups is 2. The molecule has 0 aromatic heterocycles. The smallest absolute Gasteiger partial charge is 0.377 e. The number of rotatable bonds is 0. The minimum atomic E-state index is -5.27. The average Bonchev–Trinajstić information content (AvgIpc) is 3.82. The molecule has 4 saturated carbocycles. The summed E-state index contributed by atoms with van der Waals surface area (Å²) in [5.41, 5.74) is -6.52. The summed E-state index contributed by atoms with van der Waals surface area (Å²) < 4.78 is 116. The van der Waals surface area contributed by atoms with Gasteiger partial charge in [0.2, 0.25) is 23.6 Å². The van der Waals surface area contributed by atoms with Crippen LogP contribution in [0, 0.1) is 71.0 Å². The van der Waals surface area contributed by atoms with Crippen LogP contribution >= 0.6 is 0 Å². The summed E-state index contributed by atoms with van der Waals surface area (Å²) in [4.78, 5) is 56.5. The predicted molar refractivity (Wildman–Crippen MR) is 136 cm³/mol. The van der Waals surface area contributed by atoms with Crippen molar-refractivity contribution < 1.29 is 64.5 Å². The average molecular weight is 663 g/mol. The first-order valence-electron chi connectivity index (χ1n) is 16.1. The molecule has 0 spiro atoms. The van der Waals surface area contributed by atoms with Crippen molar-refractivity contribution in [2.45, 2.75) is 36.4 Å². The Morgan fingerprint density at radius 2 is 0.783 bits per heavy atom. The van der Waals surface area contributed by atoms with E-state index in [1.807, 2.05) is 0 Å². The molecule has 16 heteroatoms. The summed E-state index contributed by atoms with van der Waals surface area (Å²) in [6.45, 7) is 0.0951. The number of carbonyl (C=O) groups excluding carboxylic acids is 4. The second kappa shape index (κ2) is 9.23. The number of alkyl halides is 6. The molecule has 2 unspecified atom stereocenters. The highest BCUT2D eigenvalue weighted by molar-refractivity contribution is 6.07. The van der Waals surface area contributed by atoms with Crippen molar-refractivity contribution >= 4 is 23.6 Å². The fourth-order valence-electron chi connectivity index (χ4n) is 12.6. The Morgan fingerprint density at radius 1 is 0.500 bits per heavy atom. The molecule has 0 N–H and O–H groups in total. The van der Waals surface area contributed by atoms with Crippen LogP contribution in [-0.4, -0.2) is 110 Å². The Kier molecular flexibility index (Phi) is 5.98. The van der Waals surface area contributed by atoms with E-state index >= 15 is 26.3 Å². The Labute approximate surface area is 258 Å². The highest BCUT2D eigenvalue weighted by Crippen LogP contribution is 2.86. The lowest BCUT2D eigenvalue weighted by Gasteiger charge is -2.53. The Balaban J connectivity index is 1.18. The van der Waals surface area contributed by atoms with E-state index in [-0.39, 0.29) is 65.6 Å². The molecule has 14 atom stereocenters. The van der Waals surface area contributed by atoms with Crippen LogP contribution in [0.25, 0.3) is 0 Å². The Hall–Kier alpha value is -2.30. The number of nitrogens with zero attached hydrogens (tertiary/aromatic N) is 2. The van der Waals surface area contributed by atoms with E-state index in [1.165, 1.54) is 0 Å². The summed E-state index contributed by atoms with van der Waals surface area (Å²) in [6.07, 6.45) is -10.8. The van der Waals surface area contributed by atoms with Crippen molar-refractivity contribution in [1.29, 1.82) is 0 Å². The van der Waals surface area contributed by atoms with Crippen LogP contribution in [0.5, 0.6) is 0 Å². The molecule has 0 aromatic rings. The van der Waals surface area contributed by atoms with Gasteiger partial charge in [-0.1, -0.05) is 0 Å². The number of amides is 4. The number of carbonyl (C=O) groups is 4. The second-order valence-electron chi connectivity index (χ2n) is 14.5. The quantitative estimate of drug-likeness (QED) is 0.219. The highest BCUT2D eigenvalue weighted by Gasteiger charge is 2.97. The zero-order valence-electron chi connectivity index (χ0n) is 24.4. The van der Waals surface area contributed by atoms with Gasteiger partial charge in [0.05, 0.1) is 76.4 Å². The lowest BCUT2D eigenvalue weighted by Crippen LogP contribution is -2.66. The maximum Gasteiger partial charge on any atom is 0.418 e. The number of ether oxygens (including phenoxy) is 4. The van der Waals surface area contributed by atoms with Crippen LogP contribution < -0.4 is 0 Å². The van der Waals surface area contributed by atoms with E-state index < -0.39 is 118 Å². The van der Waals surface area contributed by atoms with Gasteiger partial charge in [0.15, 0.2) is 11.2 Å². The van der Waals surface area contributed by atoms with Crippen LogP contribution in [0.1, 0.15) is 12.8 Å². The topological polar surface area (TPSA) is 112 Å². The van der Waals surface area contributed by atoms with E-state index in [4.69, 9.17) is 18.9 Å². The van der Waals surface area contributed by atoms with Gasteiger partial charge in [-0.05, 0) is 36.5 Å². The number of hydrogen-bond donors (Lipinski definition) is 0. The van der Waals surface area contributed by atoms with Gasteiger partial charge in [-0.2, -0.15) is 26.3 Å². The highest BCUT2D eigenvalue weighted by atomic mass is 19.4. The van der Waals surface area contributed by atoms with Gasteiger partial charge in [-0.15, -0.1) is 0 Å². The number of fused-ring (bicyclic) bond motifs is 10. The molecule has 6 saturated heterocycles. The third-order valence-corrected chi connectivity index (χ3v) is 13.4. The largest absolute Gasteiger partial charge is 0.418 e. The molecule has 4 aliphatic carbocycles. The van der Waals surface area contributed by atoms with E-state index in [0.29, 0.717) is 0 Å². The van der Waals surface area contributed by atoms with E-state index in [1.54, 1.807) is 0 Å². The molecular weight excluding hydrogens is 630 g/mol. The van der Waals surface area contributed by atoms with Crippen LogP contribution in [0.3, 0.4) is 0 Å². The SMILES string of the molecule is O=C1[C@@H]2[C@H]3C[C@H]4[C@@H]2C(=O)N1CCOCCOCCOCCN1C(=O)[C@@H]2[C@H]5C[C@@H]([C@@H]2C1=O)[C@H]1[C@@H]5C2(C(F)(F)F)OC1(C(F)(F)F)[C@H]3[C@H]42. The van der Waals surface area contributed by atoms with Gasteiger partial charge in [-0.3, -0.25) is 29.0 Å². The molecule has 12 bridgehead atoms. The Bertz CT molecular complexity index is 1250. The van der Waals surface area contributed by atoms with Crippen molar-refractivity contribution in [3.05, 3.63) is 0 Å². The van der Waals surface area contributed by atoms with Crippen molar-refractivity contribution in [2.24, 2.45) is 71.0 Å². The summed E-state index contributed by atoms with van der Waals surface area (Å²) in [5, 5.41) is 0. The first-order valence-corrected chi connectivity index (χ1v) is 16.1. The number of halogens is 6. The first kappa shape index (κ1) is 29.8. The normalized spacial score (nSPS) is 51.2. The molecule has 6 aliphatic heterocycles. The van der Waals surface area contributed by atoms with Crippen molar-refractivity contribution in [2.75, 3.05) is 52.7 Å². The van der Waals surface area contributed by atoms with Crippen molar-refractivity contribution in [3.8, 4) is 0 Å². The third kappa shape index (κ3) is 3.17. The van der Waals surface area contributed by atoms with Crippen LogP contribution in [-0.2, 0) is 38.1 Å². The maximum absolute atomic E-state index is 15.7. The van der Waals surface area contributed by atoms with E-state index in [2.05, 4.69) is 0 Å². The summed E-state index contributed by atoms with van der Waals surface area (Å²) in [5.74, 6) is -18.9. The fraction of sp³-hybridized carbons (Fsp3) is 0.867. The van der Waals surface area contributed by atoms with Crippen LogP contribution in [0.2, 0.25) is 0 Å². The van der Waals surface area contributed by atoms with Crippen molar-refractivity contribution in [1.82, 2.24) is 9.80 Å². The lowest BCUT2D eigenvalue weighted by molar-refractivity contribution is -0.329. The molecule has 4 amide bonds. The van der Waals surface area contributed by atoms with Gasteiger partial charge in [0, 0.05) is 23.7 Å². The van der Waals surface area contributed by atoms with Crippen LogP contribution in [0.15, 0.2) is 0 Å². The van der Waals surface area contributed by atoms with Gasteiger partial charge in [0.1, 0.15) is 0 Å². The monoisotopic (exact) mass is 662 g/mol. The molecule has 0 aromatic carbocycles. The molecule has 252 valence electrons. The van der Waals surface area contributed by atoms with E-state index in [9.17, 15) is 19.2 Å². The zero-order chi connectivity index (χ0) is 32.3. The summed E-state index contributed by atoms with van der Waals surface area (Å²) in [7, 11) is 0. The van der Waals surface area contributed by atoms with Crippen LogP contribution in [0.4, 0.5) is 26.3 Å². The fourth-order valence-corrected chi connectivity index (χ4v) is 12.6. The molecule has 10 aliphatic rings. The first-order chi connectivity index (χ1) is 21.8. The standard InChI is InChI=1S/C30H32F6N2O8/c31-29(32,33)27-19-11-9-12-16-15(11)23(39)37(24(16)40)1-3-43-5-7-45-8-6-44-4-2-38-25(41)17-13-10-14(18(17)26(38)42)22(21(13)27)28(46-27,20(12)19)30(34,35)36/h11-22H,1-10H2/t11-,12+,13+,14-,15-,16+,17+,18-,19-,20+,21+,22-,27?,28?. The predicted octanol–water partition coefficient (Wildman–Crippen LogP) is 1.66. The molecule has 46 heavy (non-hydrogen) atoms. The van der Waals surface area contributed by atoms with Gasteiger partial charge in [0.25, 0.3) is 0 Å². The third-order valence-electron chi connectivity index (χ3n) is 13.4. The zero-order valence-corrected chi connectivity index (χ0v) is 24.4. The lowest BCUT2D eigenvalue weighted by atomic mass is 9.46. The Morgan fingerprint density at radius 3 is 1.07 bits per heavy atom. The van der Waals surface area contributed by atoms with Gasteiger partial charge in [-0.25, -0.2) is 0 Å². The number of hydrogen-bond acceptors (Lipinski definition) is 8. The van der Waals surface area contributed by atoms with Gasteiger partial charge >= 0.3 is 12.4 Å². The minimum absolute atomic E-state index is 0.0603. The summed E-state index contributed by atoms with van der Waals surface area (Å²) >= 11 is 0. The molecule has 0 radical (unpaired) electrons. The minimum Gasteiger partial charge on any atom is -0.377 e. The maximum atomic E-state index is 15.7. The molecule has 10 fully saturated rings. The van der Waals surface area contributed by atoms with Crippen molar-refractivity contribution in [3.63, 3.8) is 0 Å².